The maximum Gasteiger partial charge on any atom is 0.191 e. The molecule has 21 heavy (non-hydrogen) atoms. The van der Waals surface area contributed by atoms with Gasteiger partial charge in [0, 0.05) is 24.4 Å². The van der Waals surface area contributed by atoms with Crippen molar-refractivity contribution >= 4 is 17.4 Å². The standard InChI is InChI=1S/C17H16ClNO2/c18-14-6-4-13(5-7-14)17(8-11-21-12-9-17)16(20)15-3-1-2-10-19-15/h1-7,10H,8-9,11-12H2. The van der Waals surface area contributed by atoms with E-state index in [4.69, 9.17) is 16.3 Å². The van der Waals surface area contributed by atoms with Crippen LogP contribution in [-0.2, 0) is 10.2 Å². The van der Waals surface area contributed by atoms with E-state index in [2.05, 4.69) is 4.98 Å². The van der Waals surface area contributed by atoms with Gasteiger partial charge in [0.15, 0.2) is 5.78 Å². The van der Waals surface area contributed by atoms with Gasteiger partial charge in [-0.1, -0.05) is 29.8 Å². The Morgan fingerprint density at radius 1 is 1.10 bits per heavy atom. The van der Waals surface area contributed by atoms with E-state index in [1.807, 2.05) is 36.4 Å². The van der Waals surface area contributed by atoms with Gasteiger partial charge in [-0.25, -0.2) is 0 Å². The number of ketones is 1. The van der Waals surface area contributed by atoms with Crippen LogP contribution < -0.4 is 0 Å². The summed E-state index contributed by atoms with van der Waals surface area (Å²) < 4.78 is 5.46. The Balaban J connectivity index is 2.05. The molecule has 0 bridgehead atoms. The number of hydrogen-bond acceptors (Lipinski definition) is 3. The first-order valence-corrected chi connectivity index (χ1v) is 7.40. The van der Waals surface area contributed by atoms with Gasteiger partial charge in [-0.05, 0) is 42.7 Å². The first kappa shape index (κ1) is 14.2. The van der Waals surface area contributed by atoms with E-state index in [1.54, 1.807) is 12.3 Å². The molecule has 1 aliphatic heterocycles. The number of pyridine rings is 1. The number of ether oxygens (including phenoxy) is 1. The van der Waals surface area contributed by atoms with E-state index < -0.39 is 5.41 Å². The molecule has 1 saturated heterocycles. The summed E-state index contributed by atoms with van der Waals surface area (Å²) in [4.78, 5) is 17.3. The fourth-order valence-electron chi connectivity index (χ4n) is 2.88. The van der Waals surface area contributed by atoms with Crippen LogP contribution in [0.5, 0.6) is 0 Å². The number of aromatic nitrogens is 1. The third-order valence-corrected chi connectivity index (χ3v) is 4.33. The Morgan fingerprint density at radius 2 is 1.81 bits per heavy atom. The first-order chi connectivity index (χ1) is 10.2. The third-order valence-electron chi connectivity index (χ3n) is 4.08. The van der Waals surface area contributed by atoms with Crippen LogP contribution >= 0.6 is 11.6 Å². The molecule has 0 amide bonds. The maximum atomic E-state index is 13.1. The van der Waals surface area contributed by atoms with Crippen molar-refractivity contribution in [1.82, 2.24) is 4.98 Å². The lowest BCUT2D eigenvalue weighted by molar-refractivity contribution is 0.0420. The highest BCUT2D eigenvalue weighted by molar-refractivity contribution is 6.30. The van der Waals surface area contributed by atoms with Crippen LogP contribution in [0.4, 0.5) is 0 Å². The molecule has 0 aliphatic carbocycles. The second-order valence-corrected chi connectivity index (χ2v) is 5.68. The Hall–Kier alpha value is -1.71. The summed E-state index contributed by atoms with van der Waals surface area (Å²) in [6.07, 6.45) is 3.00. The van der Waals surface area contributed by atoms with E-state index in [-0.39, 0.29) is 5.78 Å². The minimum absolute atomic E-state index is 0.0636. The maximum absolute atomic E-state index is 13.1. The average molecular weight is 302 g/mol. The summed E-state index contributed by atoms with van der Waals surface area (Å²) in [5, 5.41) is 0.672. The van der Waals surface area contributed by atoms with Gasteiger partial charge < -0.3 is 4.74 Å². The molecular weight excluding hydrogens is 286 g/mol. The van der Waals surface area contributed by atoms with Crippen molar-refractivity contribution in [3.63, 3.8) is 0 Å². The predicted octanol–water partition coefficient (Wildman–Crippen LogP) is 3.67. The molecular formula is C17H16ClNO2. The lowest BCUT2D eigenvalue weighted by Crippen LogP contribution is -2.41. The number of carbonyl (C=O) groups is 1. The summed E-state index contributed by atoms with van der Waals surface area (Å²) in [5.74, 6) is 0.0636. The van der Waals surface area contributed by atoms with Crippen molar-refractivity contribution in [2.24, 2.45) is 0 Å². The Morgan fingerprint density at radius 3 is 2.43 bits per heavy atom. The lowest BCUT2D eigenvalue weighted by atomic mass is 9.70. The minimum Gasteiger partial charge on any atom is -0.381 e. The van der Waals surface area contributed by atoms with E-state index in [1.165, 1.54) is 0 Å². The quantitative estimate of drug-likeness (QED) is 0.812. The van der Waals surface area contributed by atoms with Gasteiger partial charge in [-0.3, -0.25) is 9.78 Å². The largest absolute Gasteiger partial charge is 0.381 e. The summed E-state index contributed by atoms with van der Waals surface area (Å²) in [7, 11) is 0. The van der Waals surface area contributed by atoms with Crippen LogP contribution in [-0.4, -0.2) is 24.0 Å². The molecule has 0 atom stereocenters. The van der Waals surface area contributed by atoms with Crippen molar-refractivity contribution in [3.05, 3.63) is 64.9 Å². The number of carbonyl (C=O) groups excluding carboxylic acids is 1. The fraction of sp³-hybridized carbons (Fsp3) is 0.294. The van der Waals surface area contributed by atoms with Gasteiger partial charge in [-0.15, -0.1) is 0 Å². The van der Waals surface area contributed by atoms with Crippen LogP contribution in [0, 0.1) is 0 Å². The molecule has 1 fully saturated rings. The van der Waals surface area contributed by atoms with Gasteiger partial charge in [0.05, 0.1) is 5.41 Å². The lowest BCUT2D eigenvalue weighted by Gasteiger charge is -2.36. The zero-order valence-electron chi connectivity index (χ0n) is 11.6. The smallest absolute Gasteiger partial charge is 0.191 e. The molecule has 0 unspecified atom stereocenters. The van der Waals surface area contributed by atoms with Crippen molar-refractivity contribution in [1.29, 1.82) is 0 Å². The van der Waals surface area contributed by atoms with Crippen molar-refractivity contribution in [3.8, 4) is 0 Å². The molecule has 2 heterocycles. The fourth-order valence-corrected chi connectivity index (χ4v) is 3.00. The van der Waals surface area contributed by atoms with Crippen molar-refractivity contribution in [2.75, 3.05) is 13.2 Å². The highest BCUT2D eigenvalue weighted by Crippen LogP contribution is 2.38. The van der Waals surface area contributed by atoms with Crippen LogP contribution in [0.3, 0.4) is 0 Å². The molecule has 3 rings (SSSR count). The monoisotopic (exact) mass is 301 g/mol. The van der Waals surface area contributed by atoms with E-state index >= 15 is 0 Å². The number of hydrogen-bond donors (Lipinski definition) is 0. The summed E-state index contributed by atoms with van der Waals surface area (Å²) >= 11 is 5.97. The van der Waals surface area contributed by atoms with Crippen LogP contribution in [0.2, 0.25) is 5.02 Å². The van der Waals surface area contributed by atoms with E-state index in [0.29, 0.717) is 36.8 Å². The Kier molecular flexibility index (Phi) is 4.04. The molecule has 0 radical (unpaired) electrons. The molecule has 4 heteroatoms. The van der Waals surface area contributed by atoms with Crippen LogP contribution in [0.15, 0.2) is 48.7 Å². The second kappa shape index (κ2) is 5.96. The molecule has 2 aromatic rings. The first-order valence-electron chi connectivity index (χ1n) is 7.02. The summed E-state index contributed by atoms with van der Waals surface area (Å²) in [5.41, 5.74) is 0.942. The zero-order valence-corrected chi connectivity index (χ0v) is 12.3. The van der Waals surface area contributed by atoms with Crippen molar-refractivity contribution in [2.45, 2.75) is 18.3 Å². The Labute approximate surface area is 128 Å². The van der Waals surface area contributed by atoms with Gasteiger partial charge in [0.2, 0.25) is 0 Å². The molecule has 1 aromatic heterocycles. The topological polar surface area (TPSA) is 39.2 Å². The highest BCUT2D eigenvalue weighted by Gasteiger charge is 2.42. The minimum atomic E-state index is -0.558. The predicted molar refractivity (Wildman–Crippen MR) is 81.8 cm³/mol. The summed E-state index contributed by atoms with van der Waals surface area (Å²) in [6.45, 7) is 1.17. The molecule has 0 spiro atoms. The number of Topliss-reactive ketones (excluding diaryl/α,β-unsaturated/α-hetero) is 1. The van der Waals surface area contributed by atoms with Gasteiger partial charge in [0.1, 0.15) is 5.69 Å². The molecule has 1 aromatic carbocycles. The van der Waals surface area contributed by atoms with Crippen molar-refractivity contribution < 1.29 is 9.53 Å². The normalized spacial score (nSPS) is 17.4. The molecule has 1 aliphatic rings. The van der Waals surface area contributed by atoms with Gasteiger partial charge in [0.25, 0.3) is 0 Å². The molecule has 3 nitrogen and oxygen atoms in total. The van der Waals surface area contributed by atoms with Crippen LogP contribution in [0.25, 0.3) is 0 Å². The average Bonchev–Trinajstić information content (AvgIpc) is 2.56. The number of rotatable bonds is 3. The van der Waals surface area contributed by atoms with E-state index in [0.717, 1.165) is 5.56 Å². The van der Waals surface area contributed by atoms with Gasteiger partial charge >= 0.3 is 0 Å². The number of nitrogens with zero attached hydrogens (tertiary/aromatic N) is 1. The number of benzene rings is 1. The van der Waals surface area contributed by atoms with E-state index in [9.17, 15) is 4.79 Å². The Bertz CT molecular complexity index is 619. The third kappa shape index (κ3) is 2.71. The highest BCUT2D eigenvalue weighted by atomic mass is 35.5. The molecule has 108 valence electrons. The second-order valence-electron chi connectivity index (χ2n) is 5.25. The zero-order chi connectivity index (χ0) is 14.7. The number of halogens is 1. The molecule has 0 saturated carbocycles. The summed E-state index contributed by atoms with van der Waals surface area (Å²) in [6, 6.07) is 13.0. The SMILES string of the molecule is O=C(c1ccccn1)C1(c2ccc(Cl)cc2)CCOCC1. The van der Waals surface area contributed by atoms with Gasteiger partial charge in [-0.2, -0.15) is 0 Å². The van der Waals surface area contributed by atoms with Crippen LogP contribution in [0.1, 0.15) is 28.9 Å². The molecule has 0 N–H and O–H groups in total.